The van der Waals surface area contributed by atoms with E-state index in [1.54, 1.807) is 13.0 Å². The van der Waals surface area contributed by atoms with Gasteiger partial charge in [0.05, 0.1) is 41.2 Å². The van der Waals surface area contributed by atoms with Crippen molar-refractivity contribution in [3.8, 4) is 0 Å². The van der Waals surface area contributed by atoms with Crippen LogP contribution in [-0.2, 0) is 19.0 Å². The third-order valence-corrected chi connectivity index (χ3v) is 10.9. The first-order valence-corrected chi connectivity index (χ1v) is 12.6. The summed E-state index contributed by atoms with van der Waals surface area (Å²) in [5.74, 6) is -1.95. The second-order valence-corrected chi connectivity index (χ2v) is 12.1. The number of rotatable bonds is 2. The third-order valence-electron chi connectivity index (χ3n) is 10.9. The van der Waals surface area contributed by atoms with Crippen LogP contribution in [0.4, 0.5) is 0 Å². The van der Waals surface area contributed by atoms with E-state index in [0.717, 1.165) is 18.3 Å². The lowest BCUT2D eigenvalue weighted by atomic mass is 9.40. The molecule has 8 rings (SSSR count). The Hall–Kier alpha value is -1.58. The molecule has 8 heteroatoms. The molecule has 4 saturated carbocycles. The van der Waals surface area contributed by atoms with Crippen molar-refractivity contribution >= 4 is 6.29 Å². The molecule has 34 heavy (non-hydrogen) atoms. The van der Waals surface area contributed by atoms with Crippen molar-refractivity contribution < 1.29 is 33.6 Å². The average molecular weight is 473 g/mol. The van der Waals surface area contributed by atoms with Gasteiger partial charge in [-0.05, 0) is 55.6 Å². The van der Waals surface area contributed by atoms with Crippen LogP contribution in [0.2, 0.25) is 0 Å². The van der Waals surface area contributed by atoms with E-state index in [9.17, 15) is 19.8 Å². The molecule has 0 amide bonds. The Bertz CT molecular complexity index is 1100. The second kappa shape index (κ2) is 6.40. The quantitative estimate of drug-likeness (QED) is 0.630. The minimum Gasteiger partial charge on any atom is -0.431 e. The molecule has 1 aromatic rings. The number of fused-ring (bicyclic) bond motifs is 3. The lowest BCUT2D eigenvalue weighted by Crippen LogP contribution is -2.82. The lowest BCUT2D eigenvalue weighted by Gasteiger charge is -2.73. The summed E-state index contributed by atoms with van der Waals surface area (Å²) in [6.45, 7) is 3.82. The third kappa shape index (κ3) is 2.28. The highest BCUT2D eigenvalue weighted by Crippen LogP contribution is 2.74. The van der Waals surface area contributed by atoms with Gasteiger partial charge in [-0.2, -0.15) is 0 Å². The monoisotopic (exact) mass is 472 g/mol. The van der Waals surface area contributed by atoms with Gasteiger partial charge in [-0.3, -0.25) is 0 Å². The van der Waals surface area contributed by atoms with E-state index in [1.807, 2.05) is 6.92 Å². The molecule has 7 aliphatic rings. The fourth-order valence-corrected chi connectivity index (χ4v) is 9.75. The molecule has 0 unspecified atom stereocenters. The maximum Gasteiger partial charge on any atom is 0.335 e. The number of carbonyl (C=O) groups is 1. The minimum absolute atomic E-state index is 0.0280. The van der Waals surface area contributed by atoms with Gasteiger partial charge >= 0.3 is 5.63 Å². The normalized spacial score (nSPS) is 57.1. The SMILES string of the molecule is C[C@]12O[C@H]3C[C@@H](O1)[C@]1(C=O)[C@H]4[C@H](O)C[C@]5(C)[C@@H](c6ccc(=O)oc6)CC[C@]5(O)[C@@H]4CC[C@@]1(C3)O2. The van der Waals surface area contributed by atoms with Crippen LogP contribution in [0.25, 0.3) is 0 Å². The van der Waals surface area contributed by atoms with Crippen molar-refractivity contribution in [3.05, 3.63) is 34.4 Å². The Labute approximate surface area is 197 Å². The van der Waals surface area contributed by atoms with Crippen LogP contribution in [0.1, 0.15) is 70.3 Å². The van der Waals surface area contributed by atoms with Crippen LogP contribution >= 0.6 is 0 Å². The molecule has 3 aliphatic heterocycles. The van der Waals surface area contributed by atoms with Gasteiger partial charge in [-0.15, -0.1) is 0 Å². The van der Waals surface area contributed by atoms with Gasteiger partial charge in [0.25, 0.3) is 5.97 Å². The standard InChI is InChI=1S/C26H32O8/c1-22-11-18(28)21-17(26(22,30)8-6-16(22)14-3-4-20(29)31-12-14)5-7-24-10-15-9-19(25(21,24)13-27)33-23(2,32-15)34-24/h3-4,12-13,15-19,21,28,30H,5-11H2,1-2H3/t15-,16+,17+,18+,19+,21+,22+,23-,24-,25+,26-/m0/s1. The summed E-state index contributed by atoms with van der Waals surface area (Å²) in [5, 5.41) is 24.2. The summed E-state index contributed by atoms with van der Waals surface area (Å²) in [7, 11) is 0. The van der Waals surface area contributed by atoms with Crippen molar-refractivity contribution in [2.24, 2.45) is 22.7 Å². The lowest BCUT2D eigenvalue weighted by molar-refractivity contribution is -0.543. The molecule has 0 aromatic carbocycles. The topological polar surface area (TPSA) is 115 Å². The summed E-state index contributed by atoms with van der Waals surface area (Å²) in [6, 6.07) is 3.19. The fourth-order valence-electron chi connectivity index (χ4n) is 9.75. The molecule has 4 bridgehead atoms. The molecular formula is C26H32O8. The van der Waals surface area contributed by atoms with Crippen molar-refractivity contribution in [2.75, 3.05) is 0 Å². The van der Waals surface area contributed by atoms with Gasteiger partial charge in [0.1, 0.15) is 6.29 Å². The summed E-state index contributed by atoms with van der Waals surface area (Å²) in [4.78, 5) is 24.6. The zero-order chi connectivity index (χ0) is 23.7. The number of hydrogen-bond acceptors (Lipinski definition) is 8. The molecular weight excluding hydrogens is 440 g/mol. The summed E-state index contributed by atoms with van der Waals surface area (Å²) in [5.41, 5.74) is -3.00. The maximum absolute atomic E-state index is 13.1. The first-order chi connectivity index (χ1) is 16.1. The first kappa shape index (κ1) is 21.7. The summed E-state index contributed by atoms with van der Waals surface area (Å²) in [6.07, 6.45) is 5.38. The Morgan fingerprint density at radius 1 is 1.12 bits per heavy atom. The molecule has 8 nitrogen and oxygen atoms in total. The predicted molar refractivity (Wildman–Crippen MR) is 117 cm³/mol. The Morgan fingerprint density at radius 3 is 2.65 bits per heavy atom. The van der Waals surface area contributed by atoms with Gasteiger partial charge in [0.15, 0.2) is 0 Å². The Kier molecular flexibility index (Phi) is 4.08. The number of carbonyl (C=O) groups excluding carboxylic acids is 1. The van der Waals surface area contributed by atoms with Gasteiger partial charge in [-0.25, -0.2) is 4.79 Å². The molecule has 0 radical (unpaired) electrons. The molecule has 1 spiro atoms. The fraction of sp³-hybridized carbons (Fsp3) is 0.769. The second-order valence-electron chi connectivity index (χ2n) is 12.1. The largest absolute Gasteiger partial charge is 0.431 e. The summed E-state index contributed by atoms with van der Waals surface area (Å²) >= 11 is 0. The zero-order valence-electron chi connectivity index (χ0n) is 19.6. The number of ether oxygens (including phenoxy) is 3. The van der Waals surface area contributed by atoms with Crippen molar-refractivity contribution in [1.82, 2.24) is 0 Å². The van der Waals surface area contributed by atoms with Crippen LogP contribution in [-0.4, -0.2) is 52.0 Å². The number of aliphatic hydroxyl groups excluding tert-OH is 1. The number of hydrogen-bond donors (Lipinski definition) is 2. The number of aliphatic hydroxyl groups is 2. The molecule has 1 aromatic heterocycles. The zero-order valence-corrected chi connectivity index (χ0v) is 19.6. The predicted octanol–water partition coefficient (Wildman–Crippen LogP) is 2.25. The van der Waals surface area contributed by atoms with Crippen molar-refractivity contribution in [1.29, 1.82) is 0 Å². The van der Waals surface area contributed by atoms with E-state index in [1.165, 1.54) is 12.3 Å². The summed E-state index contributed by atoms with van der Waals surface area (Å²) < 4.78 is 23.8. The number of aldehydes is 1. The van der Waals surface area contributed by atoms with E-state index in [2.05, 4.69) is 0 Å². The average Bonchev–Trinajstić information content (AvgIpc) is 3.04. The Morgan fingerprint density at radius 2 is 1.94 bits per heavy atom. The Balaban J connectivity index is 1.33. The molecule has 11 atom stereocenters. The van der Waals surface area contributed by atoms with E-state index in [0.29, 0.717) is 38.5 Å². The molecule has 4 heterocycles. The molecule has 184 valence electrons. The van der Waals surface area contributed by atoms with E-state index in [4.69, 9.17) is 18.6 Å². The van der Waals surface area contributed by atoms with Gasteiger partial charge in [0.2, 0.25) is 0 Å². The highest BCUT2D eigenvalue weighted by molar-refractivity contribution is 5.66. The van der Waals surface area contributed by atoms with E-state index in [-0.39, 0.29) is 17.9 Å². The van der Waals surface area contributed by atoms with Crippen LogP contribution < -0.4 is 5.63 Å². The van der Waals surface area contributed by atoms with Gasteiger partial charge < -0.3 is 33.6 Å². The highest BCUT2D eigenvalue weighted by Gasteiger charge is 2.80. The van der Waals surface area contributed by atoms with Crippen LogP contribution in [0.5, 0.6) is 0 Å². The van der Waals surface area contributed by atoms with E-state index < -0.39 is 51.8 Å². The highest BCUT2D eigenvalue weighted by atomic mass is 16.9. The van der Waals surface area contributed by atoms with E-state index >= 15 is 0 Å². The smallest absolute Gasteiger partial charge is 0.335 e. The molecule has 3 saturated heterocycles. The maximum atomic E-state index is 13.1. The van der Waals surface area contributed by atoms with Crippen molar-refractivity contribution in [2.45, 2.75) is 100 Å². The van der Waals surface area contributed by atoms with Gasteiger partial charge in [0, 0.05) is 37.2 Å². The minimum atomic E-state index is -1.16. The van der Waals surface area contributed by atoms with Crippen LogP contribution in [0, 0.1) is 22.7 Å². The first-order valence-electron chi connectivity index (χ1n) is 12.6. The van der Waals surface area contributed by atoms with Gasteiger partial charge in [-0.1, -0.05) is 6.92 Å². The molecule has 7 fully saturated rings. The van der Waals surface area contributed by atoms with Crippen molar-refractivity contribution in [3.63, 3.8) is 0 Å². The van der Waals surface area contributed by atoms with Crippen LogP contribution in [0.15, 0.2) is 27.6 Å². The molecule has 2 N–H and O–H groups in total. The molecule has 4 aliphatic carbocycles. The van der Waals surface area contributed by atoms with Crippen LogP contribution in [0.3, 0.4) is 0 Å².